The number of halogens is 2. The molecular formula is C20H23Cl2N3O. The van der Waals surface area contributed by atoms with E-state index in [2.05, 4.69) is 4.98 Å². The van der Waals surface area contributed by atoms with Gasteiger partial charge in [-0.15, -0.1) is 0 Å². The number of nitrogens with zero attached hydrogens (tertiary/aromatic N) is 2. The number of amides is 1. The van der Waals surface area contributed by atoms with Gasteiger partial charge >= 0.3 is 0 Å². The highest BCUT2D eigenvalue weighted by molar-refractivity contribution is 6.35. The number of nitrogens with two attached hydrogens (primary N) is 1. The van der Waals surface area contributed by atoms with E-state index in [1.807, 2.05) is 30.9 Å². The van der Waals surface area contributed by atoms with Crippen LogP contribution in [0.3, 0.4) is 0 Å². The van der Waals surface area contributed by atoms with Crippen molar-refractivity contribution in [1.82, 2.24) is 9.88 Å². The number of carbonyl (C=O) groups is 1. The van der Waals surface area contributed by atoms with Crippen molar-refractivity contribution in [1.29, 1.82) is 0 Å². The van der Waals surface area contributed by atoms with E-state index >= 15 is 0 Å². The molecule has 0 saturated carbocycles. The van der Waals surface area contributed by atoms with Crippen molar-refractivity contribution in [3.05, 3.63) is 56.3 Å². The summed E-state index contributed by atoms with van der Waals surface area (Å²) in [7, 11) is 0. The Labute approximate surface area is 164 Å². The lowest BCUT2D eigenvalue weighted by molar-refractivity contribution is -0.132. The molecule has 0 radical (unpaired) electrons. The predicted octanol–water partition coefficient (Wildman–Crippen LogP) is 4.50. The molecule has 1 aromatic heterocycles. The van der Waals surface area contributed by atoms with Crippen molar-refractivity contribution < 1.29 is 4.79 Å². The van der Waals surface area contributed by atoms with Gasteiger partial charge in [0.25, 0.3) is 0 Å². The van der Waals surface area contributed by atoms with Crippen LogP contribution < -0.4 is 5.73 Å². The number of rotatable bonds is 4. The molecule has 0 saturated heterocycles. The lowest BCUT2D eigenvalue weighted by Crippen LogP contribution is -2.36. The number of hydrogen-bond donors (Lipinski definition) is 1. The van der Waals surface area contributed by atoms with Gasteiger partial charge in [0, 0.05) is 35.2 Å². The highest BCUT2D eigenvalue weighted by atomic mass is 35.5. The Morgan fingerprint density at radius 2 is 1.88 bits per heavy atom. The summed E-state index contributed by atoms with van der Waals surface area (Å²) in [6.45, 7) is 5.19. The predicted molar refractivity (Wildman–Crippen MR) is 107 cm³/mol. The summed E-state index contributed by atoms with van der Waals surface area (Å²) in [6, 6.07) is 3.74. The second kappa shape index (κ2) is 7.85. The molecule has 3 rings (SSSR count). The van der Waals surface area contributed by atoms with E-state index in [9.17, 15) is 4.79 Å². The van der Waals surface area contributed by atoms with Crippen LogP contribution in [0.5, 0.6) is 0 Å². The minimum absolute atomic E-state index is 0.150. The van der Waals surface area contributed by atoms with Crippen molar-refractivity contribution in [3.63, 3.8) is 0 Å². The molecule has 4 nitrogen and oxygen atoms in total. The summed E-state index contributed by atoms with van der Waals surface area (Å²) in [6.07, 6.45) is 4.43. The van der Waals surface area contributed by atoms with Crippen molar-refractivity contribution in [2.24, 2.45) is 0 Å². The zero-order valence-corrected chi connectivity index (χ0v) is 16.6. The van der Waals surface area contributed by atoms with E-state index in [1.165, 1.54) is 0 Å². The number of aryl methyl sites for hydroxylation is 1. The molecule has 1 amide bonds. The van der Waals surface area contributed by atoms with Crippen LogP contribution in [0.4, 0.5) is 5.69 Å². The summed E-state index contributed by atoms with van der Waals surface area (Å²) in [4.78, 5) is 18.8. The molecule has 0 bridgehead atoms. The van der Waals surface area contributed by atoms with Crippen LogP contribution in [-0.2, 0) is 24.2 Å². The Kier molecular flexibility index (Phi) is 5.73. The first-order valence-electron chi connectivity index (χ1n) is 8.82. The standard InChI is InChI=1S/C20H23Cl2N3O/c1-12-13(2)20(22)17-11-25(9-8-16(17)19(12)21)18(26)5-3-4-15-7-6-14(23)10-24-15/h6-7,10H,3-5,8-9,11,23H2,1-2H3. The molecule has 0 aliphatic carbocycles. The van der Waals surface area contributed by atoms with Gasteiger partial charge in [0.1, 0.15) is 0 Å². The van der Waals surface area contributed by atoms with Crippen LogP contribution in [0, 0.1) is 13.8 Å². The van der Waals surface area contributed by atoms with Gasteiger partial charge in [0.05, 0.1) is 11.9 Å². The first-order chi connectivity index (χ1) is 12.4. The van der Waals surface area contributed by atoms with Gasteiger partial charge in [-0.2, -0.15) is 0 Å². The van der Waals surface area contributed by atoms with Crippen LogP contribution in [0.1, 0.15) is 40.8 Å². The molecule has 2 aromatic rings. The van der Waals surface area contributed by atoms with E-state index < -0.39 is 0 Å². The smallest absolute Gasteiger partial charge is 0.222 e. The number of fused-ring (bicyclic) bond motifs is 1. The first-order valence-corrected chi connectivity index (χ1v) is 9.58. The fourth-order valence-electron chi connectivity index (χ4n) is 3.36. The fraction of sp³-hybridized carbons (Fsp3) is 0.400. The van der Waals surface area contributed by atoms with Gasteiger partial charge in [-0.3, -0.25) is 9.78 Å². The third-order valence-corrected chi connectivity index (χ3v) is 6.14. The van der Waals surface area contributed by atoms with Gasteiger partial charge in [-0.25, -0.2) is 0 Å². The van der Waals surface area contributed by atoms with Gasteiger partial charge in [0.15, 0.2) is 0 Å². The number of nitrogen functional groups attached to an aromatic ring is 1. The van der Waals surface area contributed by atoms with Crippen molar-refractivity contribution in [2.45, 2.75) is 46.1 Å². The van der Waals surface area contributed by atoms with Crippen molar-refractivity contribution in [2.75, 3.05) is 12.3 Å². The number of pyridine rings is 1. The number of carbonyl (C=O) groups excluding carboxylic acids is 1. The molecule has 26 heavy (non-hydrogen) atoms. The lowest BCUT2D eigenvalue weighted by atomic mass is 9.94. The van der Waals surface area contributed by atoms with E-state index in [4.69, 9.17) is 28.9 Å². The molecule has 2 N–H and O–H groups in total. The molecule has 1 aliphatic rings. The highest BCUT2D eigenvalue weighted by Crippen LogP contribution is 2.37. The Morgan fingerprint density at radius 1 is 1.19 bits per heavy atom. The van der Waals surface area contributed by atoms with Crippen LogP contribution in [0.2, 0.25) is 10.0 Å². The van der Waals surface area contributed by atoms with E-state index in [0.717, 1.165) is 57.3 Å². The normalized spacial score (nSPS) is 13.6. The zero-order chi connectivity index (χ0) is 18.8. The molecule has 0 atom stereocenters. The zero-order valence-electron chi connectivity index (χ0n) is 15.1. The van der Waals surface area contributed by atoms with Gasteiger partial charge in [-0.05, 0) is 67.5 Å². The van der Waals surface area contributed by atoms with E-state index in [1.54, 1.807) is 6.20 Å². The number of hydrogen-bond acceptors (Lipinski definition) is 3. The Morgan fingerprint density at radius 3 is 2.54 bits per heavy atom. The maximum Gasteiger partial charge on any atom is 0.222 e. The highest BCUT2D eigenvalue weighted by Gasteiger charge is 2.26. The number of aromatic nitrogens is 1. The van der Waals surface area contributed by atoms with Crippen LogP contribution in [-0.4, -0.2) is 22.3 Å². The molecule has 1 aliphatic heterocycles. The summed E-state index contributed by atoms with van der Waals surface area (Å²) in [5.74, 6) is 0.150. The average Bonchev–Trinajstić information content (AvgIpc) is 2.65. The Bertz CT molecular complexity index is 834. The molecular weight excluding hydrogens is 369 g/mol. The first kappa shape index (κ1) is 19.0. The maximum atomic E-state index is 12.6. The second-order valence-electron chi connectivity index (χ2n) is 6.84. The van der Waals surface area contributed by atoms with Gasteiger partial charge in [0.2, 0.25) is 5.91 Å². The molecule has 1 aromatic carbocycles. The quantitative estimate of drug-likeness (QED) is 0.834. The average molecular weight is 392 g/mol. The van der Waals surface area contributed by atoms with Crippen molar-refractivity contribution in [3.8, 4) is 0 Å². The SMILES string of the molecule is Cc1c(C)c(Cl)c2c(c1Cl)CCN(C(=O)CCCc1ccc(N)cn1)C2. The minimum Gasteiger partial charge on any atom is -0.397 e. The molecule has 2 heterocycles. The summed E-state index contributed by atoms with van der Waals surface area (Å²) in [5, 5.41) is 1.54. The van der Waals surface area contributed by atoms with Gasteiger partial charge < -0.3 is 10.6 Å². The maximum absolute atomic E-state index is 12.6. The topological polar surface area (TPSA) is 59.2 Å². The Balaban J connectivity index is 1.63. The third-order valence-electron chi connectivity index (χ3n) is 5.12. The lowest BCUT2D eigenvalue weighted by Gasteiger charge is -2.31. The molecule has 0 spiro atoms. The van der Waals surface area contributed by atoms with Crippen molar-refractivity contribution >= 4 is 34.8 Å². The van der Waals surface area contributed by atoms with Crippen LogP contribution >= 0.6 is 23.2 Å². The molecule has 0 unspecified atom stereocenters. The largest absolute Gasteiger partial charge is 0.397 e. The van der Waals surface area contributed by atoms with E-state index in [0.29, 0.717) is 25.2 Å². The molecule has 6 heteroatoms. The summed E-state index contributed by atoms with van der Waals surface area (Å²) >= 11 is 13.0. The monoisotopic (exact) mass is 391 g/mol. The molecule has 138 valence electrons. The number of anilines is 1. The Hall–Kier alpha value is -1.78. The second-order valence-corrected chi connectivity index (χ2v) is 7.59. The summed E-state index contributed by atoms with van der Waals surface area (Å²) < 4.78 is 0. The summed E-state index contributed by atoms with van der Waals surface area (Å²) in [5.41, 5.74) is 11.4. The number of benzene rings is 1. The molecule has 0 fully saturated rings. The van der Waals surface area contributed by atoms with Crippen LogP contribution in [0.25, 0.3) is 0 Å². The van der Waals surface area contributed by atoms with Gasteiger partial charge in [-0.1, -0.05) is 23.2 Å². The third kappa shape index (κ3) is 3.81. The van der Waals surface area contributed by atoms with Crippen LogP contribution in [0.15, 0.2) is 18.3 Å². The fourth-order valence-corrected chi connectivity index (χ4v) is 4.03. The van der Waals surface area contributed by atoms with E-state index in [-0.39, 0.29) is 5.91 Å². The minimum atomic E-state index is 0.150.